The van der Waals surface area contributed by atoms with Gasteiger partial charge in [0, 0.05) is 95.2 Å². The zero-order valence-corrected chi connectivity index (χ0v) is 78.9. The topological polar surface area (TPSA) is 372 Å². The Labute approximate surface area is 773 Å². The van der Waals surface area contributed by atoms with Crippen molar-refractivity contribution in [3.05, 3.63) is 306 Å². The number of rotatable bonds is 24. The molecular formula is C102H115ClN20O10. The van der Waals surface area contributed by atoms with Gasteiger partial charge in [-0.2, -0.15) is 19.9 Å². The fourth-order valence-electron chi connectivity index (χ4n) is 17.3. The third kappa shape index (κ3) is 22.2. The van der Waals surface area contributed by atoms with Crippen LogP contribution in [0.1, 0.15) is 163 Å². The second-order valence-electron chi connectivity index (χ2n) is 36.5. The van der Waals surface area contributed by atoms with Gasteiger partial charge in [0.1, 0.15) is 11.5 Å². The standard InChI is InChI=1S/C27H31N5O3.C26H28ClN5O3.C26H31N5O2.C23H25N5O2/c1-17-8-4-5-9-19(17)16-31(3)12-13-32-22-15-23(35-20-10-6-7-11-20)18(2)14-21(22)28-24-25(32)29-27(34)30-26(24)33;1-16-13-20-21(14-22(16)35-19-5-3-4-6-19)32(24-23(28-20)25(33)30-26(34)29-24)12-11-31(2)15-17-7-9-18(27)10-8-17;1-15-13-20-21(14-16(15)2)31(23-22(28-20)24(32)30-25(33)29-23)12-11-27-17(3)18-7-9-19(10-8-18)26(4,5)6;1-13-5-6-14(2)17(9-13)12-24-7-8-28-19-11-16(4)15(3)10-18(19)25-20-21(28)26-23(30)27-22(20)29/h4-5,8-9,14-15,20H,6-7,10-13,16H2,1-3H3,(H,30,33,34);7-10,13-14,19H,3-6,11-12,15H2,1-2H3,(H,30,33,34);7-10,13-14,17,27H,11-12H2,1-6H3,(H,30,32,33);5-6,9-11,24H,7-8,12H2,1-4H3,(H,27,29,30). The third-order valence-corrected chi connectivity index (χ3v) is 25.6. The summed E-state index contributed by atoms with van der Waals surface area (Å²) in [5, 5.41) is 7.73. The molecule has 0 radical (unpaired) electrons. The molecule has 0 aromatic heterocycles. The zero-order chi connectivity index (χ0) is 94.4. The maximum absolute atomic E-state index is 12.6. The third-order valence-electron chi connectivity index (χ3n) is 25.3. The van der Waals surface area contributed by atoms with Gasteiger partial charge in [0.15, 0.2) is 46.1 Å². The highest BCUT2D eigenvalue weighted by Crippen LogP contribution is 2.36. The minimum absolute atomic E-state index is 0.122. The summed E-state index contributed by atoms with van der Waals surface area (Å²) in [6.07, 6.45) is 9.42. The average Bonchev–Trinajstić information content (AvgIpc) is 1.14. The number of benzene rings is 8. The first-order valence-corrected chi connectivity index (χ1v) is 45.9. The van der Waals surface area contributed by atoms with Gasteiger partial charge in [-0.25, -0.2) is 39.1 Å². The predicted molar refractivity (Wildman–Crippen MR) is 523 cm³/mol. The van der Waals surface area contributed by atoms with Crippen molar-refractivity contribution in [1.29, 1.82) is 0 Å². The molecule has 1 unspecified atom stereocenters. The number of aromatic nitrogens is 16. The number of halogens is 1. The molecule has 18 rings (SSSR count). The zero-order valence-electron chi connectivity index (χ0n) is 78.2. The molecule has 0 saturated heterocycles. The Kier molecular flexibility index (Phi) is 28.9. The van der Waals surface area contributed by atoms with Crippen molar-refractivity contribution < 1.29 is 9.47 Å². The number of aromatic amines is 4. The van der Waals surface area contributed by atoms with Gasteiger partial charge < -0.3 is 48.2 Å². The highest BCUT2D eigenvalue weighted by Gasteiger charge is 2.28. The number of hydrogen-bond donors (Lipinski definition) is 6. The van der Waals surface area contributed by atoms with Crippen molar-refractivity contribution in [3.8, 4) is 57.6 Å². The Morgan fingerprint density at radius 1 is 0.421 bits per heavy atom. The van der Waals surface area contributed by atoms with E-state index >= 15 is 0 Å². The molecule has 8 heterocycles. The molecule has 31 heteroatoms. The Morgan fingerprint density at radius 2 is 0.805 bits per heavy atom. The monoisotopic (exact) mass is 1810 g/mol. The van der Waals surface area contributed by atoms with Crippen molar-refractivity contribution in [3.63, 3.8) is 0 Å². The normalized spacial score (nSPS) is 13.4. The Balaban J connectivity index is 0.000000136. The Bertz CT molecular complexity index is 7360. The summed E-state index contributed by atoms with van der Waals surface area (Å²) < 4.78 is 20.4. The minimum Gasteiger partial charge on any atom is -0.490 e. The highest BCUT2D eigenvalue weighted by atomic mass is 35.5. The Morgan fingerprint density at radius 3 is 1.23 bits per heavy atom. The van der Waals surface area contributed by atoms with Crippen LogP contribution in [0.4, 0.5) is 0 Å². The molecule has 8 aromatic rings. The van der Waals surface area contributed by atoms with Crippen LogP contribution in [0.2, 0.25) is 5.02 Å². The lowest BCUT2D eigenvalue weighted by Crippen LogP contribution is -2.30. The van der Waals surface area contributed by atoms with Crippen LogP contribution in [0.3, 0.4) is 0 Å². The molecule has 8 aliphatic heterocycles. The second kappa shape index (κ2) is 40.8. The molecule has 2 saturated carbocycles. The van der Waals surface area contributed by atoms with Crippen LogP contribution < -0.4 is 65.1 Å². The number of H-pyrrole nitrogens is 4. The van der Waals surface area contributed by atoms with Gasteiger partial charge in [-0.05, 0) is 261 Å². The molecule has 30 nitrogen and oxygen atoms in total. The summed E-state index contributed by atoms with van der Waals surface area (Å²) in [6, 6.07) is 47.2. The lowest BCUT2D eigenvalue weighted by Gasteiger charge is -2.23. The number of fused-ring (bicyclic) bond motifs is 8. The van der Waals surface area contributed by atoms with Gasteiger partial charge in [0.05, 0.1) is 56.3 Å². The van der Waals surface area contributed by atoms with Gasteiger partial charge in [0.2, 0.25) is 0 Å². The van der Waals surface area contributed by atoms with Gasteiger partial charge in [-0.15, -0.1) is 0 Å². The number of nitrogens with zero attached hydrogens (tertiary/aromatic N) is 14. The molecule has 133 heavy (non-hydrogen) atoms. The summed E-state index contributed by atoms with van der Waals surface area (Å²) in [7, 11) is 4.09. The first-order valence-electron chi connectivity index (χ1n) is 45.5. The first kappa shape index (κ1) is 94.3. The van der Waals surface area contributed by atoms with Crippen molar-refractivity contribution in [2.24, 2.45) is 0 Å². The smallest absolute Gasteiger partial charge is 0.349 e. The molecule has 2 fully saturated rings. The predicted octanol–water partition coefficient (Wildman–Crippen LogP) is 14.1. The Hall–Kier alpha value is -13.4. The molecule has 6 N–H and O–H groups in total. The fraction of sp³-hybridized carbons (Fsp3) is 0.373. The summed E-state index contributed by atoms with van der Waals surface area (Å²) in [4.78, 5) is 146. The van der Waals surface area contributed by atoms with E-state index in [9.17, 15) is 38.4 Å². The van der Waals surface area contributed by atoms with Gasteiger partial charge in [-0.1, -0.05) is 117 Å². The maximum Gasteiger partial charge on any atom is 0.349 e. The number of nitrogens with one attached hydrogen (secondary N) is 6. The van der Waals surface area contributed by atoms with Gasteiger partial charge in [0.25, 0.3) is 22.2 Å². The van der Waals surface area contributed by atoms with Crippen LogP contribution in [-0.2, 0) is 51.2 Å². The highest BCUT2D eigenvalue weighted by molar-refractivity contribution is 6.30. The summed E-state index contributed by atoms with van der Waals surface area (Å²) >= 11 is 6.01. The maximum atomic E-state index is 12.6. The molecule has 690 valence electrons. The summed E-state index contributed by atoms with van der Waals surface area (Å²) in [6.45, 7) is 34.2. The van der Waals surface area contributed by atoms with E-state index in [2.05, 4.69) is 196 Å². The van der Waals surface area contributed by atoms with E-state index in [0.29, 0.717) is 96.9 Å². The molecule has 0 amide bonds. The van der Waals surface area contributed by atoms with E-state index in [4.69, 9.17) is 21.1 Å². The second-order valence-corrected chi connectivity index (χ2v) is 37.0. The SMILES string of the molecule is Cc1cc2nc3c(=O)[nH]c(=O)nc-3n(CCN(C)Cc3ccc(Cl)cc3)c2cc1OC1CCCC1.Cc1cc2nc3c(=O)[nH]c(=O)nc-3n(CCNC(C)c3ccc(C(C)(C)C)cc3)c2cc1C.Cc1ccc(C)c(CNCCn2c3nc(=O)[nH]c(=O)c-3nc3cc(C)c(C)cc32)c1.Cc1ccccc1CN(C)CCn1c2nc(=O)[nH]c(=O)c-2nc2cc(C)c(OC3CCCC3)cc21. The van der Waals surface area contributed by atoms with Crippen LogP contribution >= 0.6 is 11.6 Å². The van der Waals surface area contributed by atoms with Crippen LogP contribution in [-0.4, -0.2) is 140 Å². The van der Waals surface area contributed by atoms with Gasteiger partial charge in [-0.3, -0.25) is 39.1 Å². The molecule has 8 aromatic carbocycles. The van der Waals surface area contributed by atoms with Crippen molar-refractivity contribution >= 4 is 55.7 Å². The number of aryl methyl sites for hydroxylation is 9. The molecule has 2 aliphatic carbocycles. The molecule has 0 bridgehead atoms. The summed E-state index contributed by atoms with van der Waals surface area (Å²) in [5.41, 5.74) is 18.4. The number of likely N-dealkylation sites (N-methyl/N-ethyl adjacent to an activating group) is 2. The fourth-order valence-corrected chi connectivity index (χ4v) is 17.5. The number of ether oxygens (including phenoxy) is 2. The molecule has 1 atom stereocenters. The van der Waals surface area contributed by atoms with E-state index in [1.54, 1.807) is 0 Å². The van der Waals surface area contributed by atoms with E-state index in [1.165, 1.54) is 64.6 Å². The average molecular weight is 1820 g/mol. The lowest BCUT2D eigenvalue weighted by molar-refractivity contribution is 0.208. The van der Waals surface area contributed by atoms with Crippen molar-refractivity contribution in [1.82, 2.24) is 98.5 Å². The molecular weight excluding hydrogens is 1700 g/mol. The quantitative estimate of drug-likeness (QED) is 0.0242. The van der Waals surface area contributed by atoms with E-state index in [1.807, 2.05) is 146 Å². The first-order chi connectivity index (χ1) is 63.6. The lowest BCUT2D eigenvalue weighted by atomic mass is 9.86. The van der Waals surface area contributed by atoms with E-state index in [-0.39, 0.29) is 52.3 Å². The van der Waals surface area contributed by atoms with Crippen LogP contribution in [0.15, 0.2) is 178 Å². The van der Waals surface area contributed by atoms with Crippen LogP contribution in [0.5, 0.6) is 11.5 Å². The van der Waals surface area contributed by atoms with Gasteiger partial charge >= 0.3 is 22.8 Å². The summed E-state index contributed by atoms with van der Waals surface area (Å²) in [5.74, 6) is 2.82. The minimum atomic E-state index is -0.679. The van der Waals surface area contributed by atoms with Crippen LogP contribution in [0.25, 0.3) is 90.2 Å². The number of hydrogen-bond acceptors (Lipinski definition) is 22. The molecule has 10 aliphatic rings. The van der Waals surface area contributed by atoms with Crippen molar-refractivity contribution in [2.45, 2.75) is 211 Å². The molecule has 0 spiro atoms. The largest absolute Gasteiger partial charge is 0.490 e. The van der Waals surface area contributed by atoms with Crippen LogP contribution in [0, 0.1) is 62.3 Å². The van der Waals surface area contributed by atoms with E-state index in [0.717, 1.165) is 118 Å². The van der Waals surface area contributed by atoms with Crippen molar-refractivity contribution in [2.75, 3.05) is 40.3 Å². The van der Waals surface area contributed by atoms with E-state index < -0.39 is 45.0 Å².